The molecule has 5 rings (SSSR count). The molecule has 184 valence electrons. The lowest BCUT2D eigenvalue weighted by Gasteiger charge is -2.26. The maximum absolute atomic E-state index is 13.6. The van der Waals surface area contributed by atoms with Gasteiger partial charge in [0.1, 0.15) is 34.9 Å². The summed E-state index contributed by atoms with van der Waals surface area (Å²) in [5.41, 5.74) is 5.87. The van der Waals surface area contributed by atoms with E-state index < -0.39 is 22.7 Å². The number of carbonyl (C=O) groups is 2. The molecular formula is C27H25FN4O4. The predicted octanol–water partition coefficient (Wildman–Crippen LogP) is 3.14. The molecule has 0 spiro atoms. The summed E-state index contributed by atoms with van der Waals surface area (Å²) in [6.07, 6.45) is 1.79. The van der Waals surface area contributed by atoms with Crippen LogP contribution < -0.4 is 15.8 Å². The molecule has 2 atom stereocenters. The first kappa shape index (κ1) is 23.5. The van der Waals surface area contributed by atoms with Crippen LogP contribution in [0.15, 0.2) is 60.8 Å². The number of nitrogens with two attached hydrogens (primary N) is 1. The minimum Gasteiger partial charge on any atom is -0.489 e. The zero-order valence-corrected chi connectivity index (χ0v) is 19.8. The van der Waals surface area contributed by atoms with Crippen molar-refractivity contribution >= 4 is 22.7 Å². The van der Waals surface area contributed by atoms with Gasteiger partial charge in [-0.1, -0.05) is 0 Å². The predicted molar refractivity (Wildman–Crippen MR) is 132 cm³/mol. The molecule has 2 aromatic carbocycles. The van der Waals surface area contributed by atoms with Crippen molar-refractivity contribution in [3.8, 4) is 17.0 Å². The summed E-state index contributed by atoms with van der Waals surface area (Å²) >= 11 is 0. The van der Waals surface area contributed by atoms with Crippen LogP contribution in [-0.4, -0.2) is 40.0 Å². The molecule has 1 aliphatic rings. The first-order chi connectivity index (χ1) is 17.1. The van der Waals surface area contributed by atoms with Crippen molar-refractivity contribution in [1.82, 2.24) is 15.3 Å². The summed E-state index contributed by atoms with van der Waals surface area (Å²) in [5, 5.41) is 15.0. The maximum atomic E-state index is 13.6. The van der Waals surface area contributed by atoms with E-state index in [2.05, 4.69) is 15.3 Å². The number of amides is 2. The second kappa shape index (κ2) is 8.46. The van der Waals surface area contributed by atoms with Gasteiger partial charge in [-0.05, 0) is 68.4 Å². The van der Waals surface area contributed by atoms with E-state index in [1.807, 2.05) is 12.1 Å². The minimum atomic E-state index is -1.61. The molecule has 0 bridgehead atoms. The molecule has 0 saturated heterocycles. The van der Waals surface area contributed by atoms with Crippen molar-refractivity contribution in [3.05, 3.63) is 83.4 Å². The zero-order chi connectivity index (χ0) is 25.7. The van der Waals surface area contributed by atoms with Gasteiger partial charge in [0, 0.05) is 33.8 Å². The number of carbonyl (C=O) groups excluding carboxylic acids is 2. The van der Waals surface area contributed by atoms with Crippen LogP contribution >= 0.6 is 0 Å². The number of benzene rings is 2. The maximum Gasteiger partial charge on any atom is 0.251 e. The number of aromatic amines is 1. The monoisotopic (exact) mass is 488 g/mol. The number of aromatic nitrogens is 2. The van der Waals surface area contributed by atoms with Crippen molar-refractivity contribution in [2.45, 2.75) is 24.9 Å². The van der Waals surface area contributed by atoms with Gasteiger partial charge in [-0.25, -0.2) is 9.37 Å². The molecule has 0 aliphatic carbocycles. The molecule has 9 heteroatoms. The second-order valence-corrected chi connectivity index (χ2v) is 9.46. The van der Waals surface area contributed by atoms with E-state index in [4.69, 9.17) is 10.5 Å². The van der Waals surface area contributed by atoms with Crippen molar-refractivity contribution in [2.75, 3.05) is 13.2 Å². The molecule has 2 aromatic heterocycles. The van der Waals surface area contributed by atoms with Crippen molar-refractivity contribution in [2.24, 2.45) is 5.73 Å². The van der Waals surface area contributed by atoms with Crippen LogP contribution in [0, 0.1) is 5.82 Å². The van der Waals surface area contributed by atoms with Gasteiger partial charge in [0.2, 0.25) is 5.91 Å². The van der Waals surface area contributed by atoms with Crippen LogP contribution in [-0.2, 0) is 15.8 Å². The number of primary amides is 1. The number of nitrogens with zero attached hydrogens (tertiary/aromatic N) is 1. The highest BCUT2D eigenvalue weighted by atomic mass is 19.1. The van der Waals surface area contributed by atoms with Crippen LogP contribution in [0.25, 0.3) is 22.2 Å². The normalized spacial score (nSPS) is 18.3. The lowest BCUT2D eigenvalue weighted by molar-refractivity contribution is -0.123. The molecule has 0 saturated carbocycles. The fourth-order valence-corrected chi connectivity index (χ4v) is 4.31. The molecule has 3 heterocycles. The van der Waals surface area contributed by atoms with E-state index in [9.17, 15) is 19.1 Å². The third kappa shape index (κ3) is 3.97. The largest absolute Gasteiger partial charge is 0.489 e. The van der Waals surface area contributed by atoms with E-state index in [1.54, 1.807) is 43.5 Å². The standard InChI is InChI=1S/C27H25FN4O4/c1-26(25(29)34)14-36-23-19(26)12-21(32-22(23)15-3-6-18(28)7-4-15)27(2,35)13-31-24(33)17-5-8-20-16(11-17)9-10-30-20/h3-12,30,35H,13-14H2,1-2H3,(H2,29,34)(H,31,33)/t26-,27-/m0/s1. The summed E-state index contributed by atoms with van der Waals surface area (Å²) < 4.78 is 19.4. The smallest absolute Gasteiger partial charge is 0.251 e. The molecule has 5 N–H and O–H groups in total. The van der Waals surface area contributed by atoms with E-state index in [-0.39, 0.29) is 24.8 Å². The van der Waals surface area contributed by atoms with Crippen LogP contribution in [0.3, 0.4) is 0 Å². The number of aliphatic hydroxyl groups is 1. The summed E-state index contributed by atoms with van der Waals surface area (Å²) in [6.45, 7) is 3.04. The van der Waals surface area contributed by atoms with Crippen molar-refractivity contribution in [3.63, 3.8) is 0 Å². The van der Waals surface area contributed by atoms with Crippen LogP contribution in [0.2, 0.25) is 0 Å². The Kier molecular flexibility index (Phi) is 5.52. The van der Waals surface area contributed by atoms with Gasteiger partial charge in [-0.2, -0.15) is 0 Å². The van der Waals surface area contributed by atoms with Gasteiger partial charge in [-0.3, -0.25) is 9.59 Å². The lowest BCUT2D eigenvalue weighted by atomic mass is 9.82. The Morgan fingerprint density at radius 3 is 2.69 bits per heavy atom. The molecule has 0 fully saturated rings. The number of hydrogen-bond donors (Lipinski definition) is 4. The number of nitrogens with one attached hydrogen (secondary N) is 2. The first-order valence-electron chi connectivity index (χ1n) is 11.4. The Labute approximate surface area is 206 Å². The van der Waals surface area contributed by atoms with Gasteiger partial charge >= 0.3 is 0 Å². The highest BCUT2D eigenvalue weighted by molar-refractivity contribution is 5.98. The molecule has 0 radical (unpaired) electrons. The average Bonchev–Trinajstić information content (AvgIpc) is 3.47. The molecule has 4 aromatic rings. The number of hydrogen-bond acceptors (Lipinski definition) is 5. The number of fused-ring (bicyclic) bond motifs is 2. The number of rotatable bonds is 6. The van der Waals surface area contributed by atoms with Crippen LogP contribution in [0.1, 0.15) is 35.5 Å². The molecule has 8 nitrogen and oxygen atoms in total. The van der Waals surface area contributed by atoms with Gasteiger partial charge in [0.25, 0.3) is 5.91 Å². The number of ether oxygens (including phenoxy) is 1. The van der Waals surface area contributed by atoms with E-state index in [1.165, 1.54) is 19.1 Å². The van der Waals surface area contributed by atoms with Gasteiger partial charge < -0.3 is 25.9 Å². The average molecular weight is 489 g/mol. The number of H-pyrrole nitrogens is 1. The summed E-state index contributed by atoms with van der Waals surface area (Å²) in [6, 6.07) is 14.4. The molecule has 0 unspecified atom stereocenters. The zero-order valence-electron chi connectivity index (χ0n) is 19.8. The van der Waals surface area contributed by atoms with Crippen molar-refractivity contribution in [1.29, 1.82) is 0 Å². The molecular weight excluding hydrogens is 463 g/mol. The molecule has 36 heavy (non-hydrogen) atoms. The van der Waals surface area contributed by atoms with E-state index in [0.29, 0.717) is 28.1 Å². The fraction of sp³-hybridized carbons (Fsp3) is 0.222. The Balaban J connectivity index is 1.50. The van der Waals surface area contributed by atoms with Gasteiger partial charge in [-0.15, -0.1) is 0 Å². The number of halogens is 1. The highest BCUT2D eigenvalue weighted by Gasteiger charge is 2.45. The fourth-order valence-electron chi connectivity index (χ4n) is 4.31. The Hall–Kier alpha value is -4.24. The topological polar surface area (TPSA) is 130 Å². The van der Waals surface area contributed by atoms with Crippen LogP contribution in [0.5, 0.6) is 5.75 Å². The Morgan fingerprint density at radius 2 is 1.97 bits per heavy atom. The summed E-state index contributed by atoms with van der Waals surface area (Å²) in [5.74, 6) is -1.01. The number of pyridine rings is 1. The lowest BCUT2D eigenvalue weighted by Crippen LogP contribution is -2.41. The van der Waals surface area contributed by atoms with Gasteiger partial charge in [0.05, 0.1) is 12.2 Å². The van der Waals surface area contributed by atoms with E-state index >= 15 is 0 Å². The van der Waals surface area contributed by atoms with Gasteiger partial charge in [0.15, 0.2) is 0 Å². The van der Waals surface area contributed by atoms with Crippen molar-refractivity contribution < 1.29 is 23.8 Å². The second-order valence-electron chi connectivity index (χ2n) is 9.46. The molecule has 1 aliphatic heterocycles. The first-order valence-corrected chi connectivity index (χ1v) is 11.4. The molecule has 2 amide bonds. The summed E-state index contributed by atoms with van der Waals surface area (Å²) in [7, 11) is 0. The van der Waals surface area contributed by atoms with Crippen LogP contribution in [0.4, 0.5) is 4.39 Å². The Morgan fingerprint density at radius 1 is 1.22 bits per heavy atom. The third-order valence-corrected chi connectivity index (χ3v) is 6.69. The summed E-state index contributed by atoms with van der Waals surface area (Å²) in [4.78, 5) is 32.9. The van der Waals surface area contributed by atoms with E-state index in [0.717, 1.165) is 10.9 Å². The SMILES string of the molecule is C[C@](O)(CNC(=O)c1ccc2[nH]ccc2c1)c1cc2c(c(-c3ccc(F)cc3)n1)OC[C@]2(C)C(N)=O. The third-order valence-electron chi connectivity index (χ3n) is 6.69. The minimum absolute atomic E-state index is 0.0114. The quantitative estimate of drug-likeness (QED) is 0.331. The highest BCUT2D eigenvalue weighted by Crippen LogP contribution is 2.45. The Bertz CT molecular complexity index is 1500.